The molecule has 2 aliphatic heterocycles. The topological polar surface area (TPSA) is 209 Å². The molecule has 0 spiro atoms. The number of piperidine rings is 1. The lowest BCUT2D eigenvalue weighted by molar-refractivity contribution is -0.153. The van der Waals surface area contributed by atoms with Gasteiger partial charge in [0.2, 0.25) is 41.4 Å². The molecule has 2 aliphatic rings. The number of allylic oxidation sites excluding steroid dienone is 1. The Hall–Kier alpha value is -4.05. The number of hydrogen-bond acceptors (Lipinski definition) is 9. The van der Waals surface area contributed by atoms with Crippen molar-refractivity contribution in [3.63, 3.8) is 0 Å². The first kappa shape index (κ1) is 47.1. The summed E-state index contributed by atoms with van der Waals surface area (Å²) in [4.78, 5) is 103. The van der Waals surface area contributed by atoms with Gasteiger partial charge in [-0.2, -0.15) is 0 Å². The van der Waals surface area contributed by atoms with Crippen LogP contribution >= 0.6 is 0 Å². The van der Waals surface area contributed by atoms with Gasteiger partial charge in [0, 0.05) is 27.7 Å². The van der Waals surface area contributed by atoms with Gasteiger partial charge >= 0.3 is 0 Å². The average molecular weight is 778 g/mol. The molecule has 0 bridgehead atoms. The largest absolute Gasteiger partial charge is 0.390 e. The fourth-order valence-electron chi connectivity index (χ4n) is 6.89. The smallest absolute Gasteiger partial charge is 0.246 e. The maximum atomic E-state index is 14.2. The highest BCUT2D eigenvalue weighted by molar-refractivity contribution is 5.98. The molecule has 55 heavy (non-hydrogen) atoms. The fraction of sp³-hybridized carbons (Fsp3) is 0.769. The van der Waals surface area contributed by atoms with E-state index in [9.17, 15) is 43.8 Å². The van der Waals surface area contributed by atoms with E-state index in [4.69, 9.17) is 0 Å². The summed E-state index contributed by atoms with van der Waals surface area (Å²) in [7, 11) is 4.13. The predicted molar refractivity (Wildman–Crippen MR) is 207 cm³/mol. The predicted octanol–water partition coefficient (Wildman–Crippen LogP) is 0.258. The zero-order chi connectivity index (χ0) is 42.2. The molecule has 2 fully saturated rings. The Morgan fingerprint density at radius 2 is 1.20 bits per heavy atom. The maximum Gasteiger partial charge on any atom is 0.246 e. The molecule has 16 nitrogen and oxygen atoms in total. The molecule has 3 unspecified atom stereocenters. The molecule has 7 amide bonds. The molecular formula is C39H67N7O9. The molecular weight excluding hydrogens is 710 g/mol. The van der Waals surface area contributed by atoms with E-state index < -0.39 is 114 Å². The van der Waals surface area contributed by atoms with Gasteiger partial charge in [0.25, 0.3) is 0 Å². The van der Waals surface area contributed by atoms with Crippen LogP contribution in [0, 0.1) is 23.7 Å². The van der Waals surface area contributed by atoms with Crippen molar-refractivity contribution in [1.29, 1.82) is 0 Å². The molecule has 0 aromatic heterocycles. The van der Waals surface area contributed by atoms with E-state index in [1.165, 1.54) is 44.8 Å². The van der Waals surface area contributed by atoms with Crippen molar-refractivity contribution in [3.8, 4) is 0 Å². The Labute approximate surface area is 326 Å². The zero-order valence-electron chi connectivity index (χ0n) is 34.9. The average Bonchev–Trinajstić information content (AvgIpc) is 3.14. The number of fused-ring (bicyclic) bond motifs is 1. The van der Waals surface area contributed by atoms with Crippen molar-refractivity contribution in [3.05, 3.63) is 12.7 Å². The van der Waals surface area contributed by atoms with Crippen LogP contribution in [0.25, 0.3) is 0 Å². The standard InChI is InChI=1S/C39H67N7O9/c1-14-23(8)19-26-38(54)43(11)25(10)37(53)46-18-16-15-17-27(46)33(49)42-29(31(47)21(4)5)34(50)41-28(20(2)3)39(55)44(12)24(9)36(52)45(13)30(35(51)40-26)32(48)22(6)7/h14,20-32,47-48H,1,15-19H2,2-13H3,(H,40,51)(H,41,50)(H,42,49)/t23?,24-,25-,26-,27-,28-,29-,30-,31?,32?/m0/s1. The summed E-state index contributed by atoms with van der Waals surface area (Å²) in [6.07, 6.45) is 0.393. The lowest BCUT2D eigenvalue weighted by Gasteiger charge is -2.39. The minimum Gasteiger partial charge on any atom is -0.390 e. The number of carbonyl (C=O) groups is 7. The Bertz CT molecular complexity index is 1420. The van der Waals surface area contributed by atoms with Crippen molar-refractivity contribution >= 4 is 41.4 Å². The van der Waals surface area contributed by atoms with E-state index in [0.717, 1.165) is 9.80 Å². The molecule has 10 atom stereocenters. The van der Waals surface area contributed by atoms with Gasteiger partial charge in [0.1, 0.15) is 42.3 Å². The van der Waals surface area contributed by atoms with Crippen molar-refractivity contribution in [1.82, 2.24) is 35.6 Å². The molecule has 0 aliphatic carbocycles. The van der Waals surface area contributed by atoms with Crippen molar-refractivity contribution < 1.29 is 43.8 Å². The molecule has 0 radical (unpaired) electrons. The van der Waals surface area contributed by atoms with Crippen LogP contribution in [-0.4, -0.2) is 153 Å². The van der Waals surface area contributed by atoms with Gasteiger partial charge in [-0.3, -0.25) is 33.6 Å². The van der Waals surface area contributed by atoms with Crippen LogP contribution in [0.15, 0.2) is 12.7 Å². The molecule has 0 aromatic carbocycles. The highest BCUT2D eigenvalue weighted by Crippen LogP contribution is 2.23. The van der Waals surface area contributed by atoms with Crippen molar-refractivity contribution in [2.45, 2.75) is 142 Å². The Kier molecular flexibility index (Phi) is 17.3. The SMILES string of the molecule is C=CC(C)C[C@@H]1NC(=O)[C@H](C(O)C(C)C)N(C)C(=O)[C@H](C)N(C)C(=O)[C@H](C(C)C)NC(=O)[C@H](C(O)C(C)C)NC(=O)[C@@H]2CCCCN2C(=O)[C@H](C)N(C)C1=O. The highest BCUT2D eigenvalue weighted by atomic mass is 16.3. The summed E-state index contributed by atoms with van der Waals surface area (Å²) >= 11 is 0. The lowest BCUT2D eigenvalue weighted by atomic mass is 9.95. The lowest BCUT2D eigenvalue weighted by Crippen LogP contribution is -2.63. The number of carbonyl (C=O) groups excluding carboxylic acids is 7. The summed E-state index contributed by atoms with van der Waals surface area (Å²) < 4.78 is 0. The number of aliphatic hydroxyl groups is 2. The van der Waals surface area contributed by atoms with Crippen molar-refractivity contribution in [2.75, 3.05) is 27.7 Å². The van der Waals surface area contributed by atoms with Gasteiger partial charge in [-0.1, -0.05) is 54.5 Å². The maximum absolute atomic E-state index is 14.2. The first-order chi connectivity index (χ1) is 25.5. The van der Waals surface area contributed by atoms with E-state index in [1.807, 2.05) is 0 Å². The number of aliphatic hydroxyl groups excluding tert-OH is 2. The third-order valence-electron chi connectivity index (χ3n) is 11.2. The second-order valence-electron chi connectivity index (χ2n) is 16.4. The number of amides is 7. The van der Waals surface area contributed by atoms with Gasteiger partial charge in [-0.05, 0) is 63.2 Å². The molecule has 2 saturated heterocycles. The Morgan fingerprint density at radius 3 is 1.73 bits per heavy atom. The molecule has 312 valence electrons. The van der Waals surface area contributed by atoms with E-state index in [1.54, 1.807) is 54.5 Å². The monoisotopic (exact) mass is 778 g/mol. The normalized spacial score (nSPS) is 29.4. The number of likely N-dealkylation sites (N-methyl/N-ethyl adjacent to an activating group) is 3. The van der Waals surface area contributed by atoms with Crippen LogP contribution in [0.4, 0.5) is 0 Å². The summed E-state index contributed by atoms with van der Waals surface area (Å²) in [6.45, 7) is 18.8. The van der Waals surface area contributed by atoms with Gasteiger partial charge in [-0.25, -0.2) is 0 Å². The Morgan fingerprint density at radius 1 is 0.673 bits per heavy atom. The van der Waals surface area contributed by atoms with E-state index in [2.05, 4.69) is 22.5 Å². The Balaban J connectivity index is 2.81. The van der Waals surface area contributed by atoms with Crippen LogP contribution in [0.2, 0.25) is 0 Å². The molecule has 0 aromatic rings. The zero-order valence-corrected chi connectivity index (χ0v) is 34.9. The van der Waals surface area contributed by atoms with Gasteiger partial charge in [0.15, 0.2) is 0 Å². The van der Waals surface area contributed by atoms with Gasteiger partial charge in [0.05, 0.1) is 12.2 Å². The molecule has 2 rings (SSSR count). The molecule has 0 saturated carbocycles. The van der Waals surface area contributed by atoms with Crippen LogP contribution in [-0.2, 0) is 33.6 Å². The third kappa shape index (κ3) is 11.3. The molecule has 16 heteroatoms. The fourth-order valence-corrected chi connectivity index (χ4v) is 6.89. The number of nitrogens with one attached hydrogen (secondary N) is 3. The summed E-state index contributed by atoms with van der Waals surface area (Å²) in [5, 5.41) is 30.7. The highest BCUT2D eigenvalue weighted by Gasteiger charge is 2.44. The first-order valence-electron chi connectivity index (χ1n) is 19.5. The van der Waals surface area contributed by atoms with Crippen molar-refractivity contribution in [2.24, 2.45) is 23.7 Å². The summed E-state index contributed by atoms with van der Waals surface area (Å²) in [5.74, 6) is -6.62. The number of hydrogen-bond donors (Lipinski definition) is 5. The first-order valence-corrected chi connectivity index (χ1v) is 19.5. The number of rotatable bonds is 8. The molecule has 2 heterocycles. The second kappa shape index (κ2) is 20.2. The molecule has 5 N–H and O–H groups in total. The van der Waals surface area contributed by atoms with E-state index in [0.29, 0.717) is 12.8 Å². The third-order valence-corrected chi connectivity index (χ3v) is 11.2. The number of nitrogens with zero attached hydrogens (tertiary/aromatic N) is 4. The van der Waals surface area contributed by atoms with E-state index in [-0.39, 0.29) is 25.3 Å². The van der Waals surface area contributed by atoms with Gasteiger partial charge < -0.3 is 45.8 Å². The van der Waals surface area contributed by atoms with Crippen LogP contribution in [0.1, 0.15) is 88.0 Å². The summed E-state index contributed by atoms with van der Waals surface area (Å²) in [5.41, 5.74) is 0. The van der Waals surface area contributed by atoms with Gasteiger partial charge in [-0.15, -0.1) is 6.58 Å². The van der Waals surface area contributed by atoms with Crippen LogP contribution < -0.4 is 16.0 Å². The second-order valence-corrected chi connectivity index (χ2v) is 16.4. The quantitative estimate of drug-likeness (QED) is 0.214. The van der Waals surface area contributed by atoms with Crippen LogP contribution in [0.3, 0.4) is 0 Å². The minimum atomic E-state index is -1.50. The minimum absolute atomic E-state index is 0.0844. The van der Waals surface area contributed by atoms with E-state index >= 15 is 0 Å². The summed E-state index contributed by atoms with van der Waals surface area (Å²) in [6, 6.07) is -8.71. The van der Waals surface area contributed by atoms with Crippen LogP contribution in [0.5, 0.6) is 0 Å².